The molecule has 1 aliphatic heterocycles. The van der Waals surface area contributed by atoms with E-state index in [9.17, 15) is 13.2 Å². The standard InChI is InChI=1S/C22H19BrN2O4S/c23-17-10-12-18(13-11-17)30(27,28)25-15-21(29-20-9-5-4-8-19(20)25)22(26)24-14-16-6-2-1-3-7-16/h1-13,21H,14-15H2,(H,24,26)/t21-/m1/s1. The zero-order valence-corrected chi connectivity index (χ0v) is 18.3. The van der Waals surface area contributed by atoms with E-state index in [4.69, 9.17) is 4.74 Å². The fourth-order valence-electron chi connectivity index (χ4n) is 3.20. The Morgan fingerprint density at radius 3 is 2.40 bits per heavy atom. The van der Waals surface area contributed by atoms with Crippen LogP contribution < -0.4 is 14.4 Å². The Morgan fingerprint density at radius 2 is 1.67 bits per heavy atom. The lowest BCUT2D eigenvalue weighted by atomic mass is 10.2. The quantitative estimate of drug-likeness (QED) is 0.596. The molecule has 8 heteroatoms. The zero-order valence-electron chi connectivity index (χ0n) is 15.9. The summed E-state index contributed by atoms with van der Waals surface area (Å²) in [7, 11) is -3.87. The van der Waals surface area contributed by atoms with E-state index in [0.717, 1.165) is 10.0 Å². The SMILES string of the molecule is O=C(NCc1ccccc1)[C@H]1CN(S(=O)(=O)c2ccc(Br)cc2)c2ccccc2O1. The molecule has 3 aromatic rings. The highest BCUT2D eigenvalue weighted by Gasteiger charge is 2.37. The highest BCUT2D eigenvalue weighted by Crippen LogP contribution is 2.36. The van der Waals surface area contributed by atoms with Crippen molar-refractivity contribution in [3.63, 3.8) is 0 Å². The Kier molecular flexibility index (Phi) is 5.78. The minimum atomic E-state index is -3.87. The Balaban J connectivity index is 1.60. The van der Waals surface area contributed by atoms with Gasteiger partial charge in [-0.15, -0.1) is 0 Å². The van der Waals surface area contributed by atoms with Gasteiger partial charge in [-0.3, -0.25) is 9.10 Å². The van der Waals surface area contributed by atoms with Crippen LogP contribution >= 0.6 is 15.9 Å². The number of anilines is 1. The Bertz CT molecular complexity index is 1150. The van der Waals surface area contributed by atoms with Gasteiger partial charge in [-0.25, -0.2) is 8.42 Å². The third-order valence-corrected chi connectivity index (χ3v) is 7.06. The summed E-state index contributed by atoms with van der Waals surface area (Å²) in [6, 6.07) is 22.7. The highest BCUT2D eigenvalue weighted by molar-refractivity contribution is 9.10. The number of halogens is 1. The molecule has 1 amide bonds. The van der Waals surface area contributed by atoms with Crippen LogP contribution in [0.1, 0.15) is 5.56 Å². The summed E-state index contributed by atoms with van der Waals surface area (Å²) >= 11 is 3.32. The van der Waals surface area contributed by atoms with Crippen molar-refractivity contribution in [1.29, 1.82) is 0 Å². The van der Waals surface area contributed by atoms with E-state index >= 15 is 0 Å². The number of para-hydroxylation sites is 2. The van der Waals surface area contributed by atoms with Crippen LogP contribution in [0.15, 0.2) is 88.2 Å². The van der Waals surface area contributed by atoms with Crippen LogP contribution in [0.2, 0.25) is 0 Å². The first kappa shape index (κ1) is 20.4. The molecule has 3 aromatic carbocycles. The lowest BCUT2D eigenvalue weighted by molar-refractivity contribution is -0.127. The van der Waals surface area contributed by atoms with Crippen LogP contribution in [-0.4, -0.2) is 27.0 Å². The number of nitrogens with zero attached hydrogens (tertiary/aromatic N) is 1. The predicted octanol–water partition coefficient (Wildman–Crippen LogP) is 3.72. The number of carbonyl (C=O) groups is 1. The summed E-state index contributed by atoms with van der Waals surface area (Å²) in [5.41, 5.74) is 1.36. The number of sulfonamides is 1. The lowest BCUT2D eigenvalue weighted by Gasteiger charge is -2.34. The summed E-state index contributed by atoms with van der Waals surface area (Å²) < 4.78 is 34.5. The molecule has 0 radical (unpaired) electrons. The van der Waals surface area contributed by atoms with Crippen LogP contribution in [0, 0.1) is 0 Å². The van der Waals surface area contributed by atoms with Crippen molar-refractivity contribution < 1.29 is 17.9 Å². The van der Waals surface area contributed by atoms with E-state index in [2.05, 4.69) is 21.2 Å². The van der Waals surface area contributed by atoms with Crippen molar-refractivity contribution in [2.24, 2.45) is 0 Å². The molecule has 0 saturated heterocycles. The molecule has 0 spiro atoms. The molecule has 0 aromatic heterocycles. The van der Waals surface area contributed by atoms with Crippen molar-refractivity contribution >= 4 is 37.5 Å². The number of rotatable bonds is 5. The van der Waals surface area contributed by atoms with Gasteiger partial charge < -0.3 is 10.1 Å². The summed E-state index contributed by atoms with van der Waals surface area (Å²) in [5.74, 6) is -0.0198. The second kappa shape index (κ2) is 8.49. The van der Waals surface area contributed by atoms with Crippen LogP contribution in [0.3, 0.4) is 0 Å². The minimum Gasteiger partial charge on any atom is -0.476 e. The maximum atomic E-state index is 13.3. The van der Waals surface area contributed by atoms with Gasteiger partial charge in [0.05, 0.1) is 17.1 Å². The van der Waals surface area contributed by atoms with Gasteiger partial charge in [0, 0.05) is 11.0 Å². The Labute approximate surface area is 183 Å². The smallest absolute Gasteiger partial charge is 0.264 e. The molecule has 1 aliphatic rings. The molecular weight excluding hydrogens is 468 g/mol. The molecular formula is C22H19BrN2O4S. The molecule has 1 heterocycles. The fourth-order valence-corrected chi connectivity index (χ4v) is 4.94. The molecule has 0 unspecified atom stereocenters. The first-order valence-corrected chi connectivity index (χ1v) is 11.5. The van der Waals surface area contributed by atoms with Crippen molar-refractivity contribution in [3.05, 3.63) is 88.9 Å². The molecule has 6 nitrogen and oxygen atoms in total. The number of hydrogen-bond acceptors (Lipinski definition) is 4. The van der Waals surface area contributed by atoms with Gasteiger partial charge >= 0.3 is 0 Å². The van der Waals surface area contributed by atoms with Crippen LogP contribution in [0.4, 0.5) is 5.69 Å². The summed E-state index contributed by atoms with van der Waals surface area (Å²) in [6.07, 6.45) is -0.964. The van der Waals surface area contributed by atoms with Crippen LogP contribution in [-0.2, 0) is 21.4 Å². The van der Waals surface area contributed by atoms with Crippen molar-refractivity contribution in [2.75, 3.05) is 10.8 Å². The van der Waals surface area contributed by atoms with Crippen molar-refractivity contribution in [2.45, 2.75) is 17.5 Å². The van der Waals surface area contributed by atoms with Gasteiger partial charge in [-0.2, -0.15) is 0 Å². The number of amides is 1. The first-order valence-electron chi connectivity index (χ1n) is 9.31. The monoisotopic (exact) mass is 486 g/mol. The van der Waals surface area contributed by atoms with Gasteiger partial charge in [-0.05, 0) is 42.0 Å². The normalized spacial score (nSPS) is 15.8. The largest absolute Gasteiger partial charge is 0.476 e. The van der Waals surface area contributed by atoms with Gasteiger partial charge in [0.15, 0.2) is 6.10 Å². The zero-order chi connectivity index (χ0) is 21.1. The summed E-state index contributed by atoms with van der Waals surface area (Å²) in [6.45, 7) is 0.219. The average Bonchev–Trinajstić information content (AvgIpc) is 2.77. The number of benzene rings is 3. The molecule has 0 saturated carbocycles. The van der Waals surface area contributed by atoms with Crippen molar-refractivity contribution in [1.82, 2.24) is 5.32 Å². The van der Waals surface area contributed by atoms with Gasteiger partial charge in [0.2, 0.25) is 0 Å². The van der Waals surface area contributed by atoms with E-state index in [-0.39, 0.29) is 17.3 Å². The van der Waals surface area contributed by atoms with Crippen molar-refractivity contribution in [3.8, 4) is 5.75 Å². The number of hydrogen-bond donors (Lipinski definition) is 1. The van der Waals surface area contributed by atoms with Gasteiger partial charge in [-0.1, -0.05) is 58.4 Å². The maximum absolute atomic E-state index is 13.3. The van der Waals surface area contributed by atoms with E-state index in [1.807, 2.05) is 30.3 Å². The maximum Gasteiger partial charge on any atom is 0.264 e. The molecule has 154 valence electrons. The molecule has 0 bridgehead atoms. The fraction of sp³-hybridized carbons (Fsp3) is 0.136. The molecule has 0 aliphatic carbocycles. The molecule has 1 atom stereocenters. The molecule has 0 fully saturated rings. The van der Waals surface area contributed by atoms with Crippen LogP contribution in [0.25, 0.3) is 0 Å². The van der Waals surface area contributed by atoms with E-state index in [1.54, 1.807) is 36.4 Å². The second-order valence-electron chi connectivity index (χ2n) is 6.77. The average molecular weight is 487 g/mol. The van der Waals surface area contributed by atoms with E-state index < -0.39 is 16.1 Å². The third-order valence-electron chi connectivity index (χ3n) is 4.74. The first-order chi connectivity index (χ1) is 14.4. The number of fused-ring (bicyclic) bond motifs is 1. The number of ether oxygens (including phenoxy) is 1. The summed E-state index contributed by atoms with van der Waals surface area (Å²) in [5, 5.41) is 2.83. The summed E-state index contributed by atoms with van der Waals surface area (Å²) in [4.78, 5) is 12.9. The van der Waals surface area contributed by atoms with Crippen LogP contribution in [0.5, 0.6) is 5.75 Å². The molecule has 30 heavy (non-hydrogen) atoms. The lowest BCUT2D eigenvalue weighted by Crippen LogP contribution is -2.50. The number of carbonyl (C=O) groups excluding carboxylic acids is 1. The molecule has 4 rings (SSSR count). The predicted molar refractivity (Wildman–Crippen MR) is 118 cm³/mol. The van der Waals surface area contributed by atoms with Gasteiger partial charge in [0.1, 0.15) is 5.75 Å². The number of nitrogens with one attached hydrogen (secondary N) is 1. The van der Waals surface area contributed by atoms with Gasteiger partial charge in [0.25, 0.3) is 15.9 Å². The topological polar surface area (TPSA) is 75.7 Å². The minimum absolute atomic E-state index is 0.115. The Hall–Kier alpha value is -2.84. The van der Waals surface area contributed by atoms with E-state index in [1.165, 1.54) is 16.4 Å². The third kappa shape index (κ3) is 4.20. The Morgan fingerprint density at radius 1 is 1.00 bits per heavy atom. The highest BCUT2D eigenvalue weighted by atomic mass is 79.9. The molecule has 1 N–H and O–H groups in total. The second-order valence-corrected chi connectivity index (χ2v) is 9.55. The van der Waals surface area contributed by atoms with E-state index in [0.29, 0.717) is 18.0 Å².